The van der Waals surface area contributed by atoms with Crippen LogP contribution in [0.2, 0.25) is 0 Å². The lowest BCUT2D eigenvalue weighted by atomic mass is 10.2. The third kappa shape index (κ3) is 4.78. The van der Waals surface area contributed by atoms with Crippen LogP contribution in [0.1, 0.15) is 5.56 Å². The van der Waals surface area contributed by atoms with Crippen molar-refractivity contribution in [1.29, 1.82) is 0 Å². The quantitative estimate of drug-likeness (QED) is 0.662. The van der Waals surface area contributed by atoms with Crippen LogP contribution in [0.25, 0.3) is 0 Å². The van der Waals surface area contributed by atoms with E-state index >= 15 is 0 Å². The summed E-state index contributed by atoms with van der Waals surface area (Å²) in [5, 5.41) is 4.39. The molecule has 0 aromatic heterocycles. The minimum Gasteiger partial charge on any atom is -0.347 e. The van der Waals surface area contributed by atoms with Gasteiger partial charge in [0.15, 0.2) is 0 Å². The predicted molar refractivity (Wildman–Crippen MR) is 63.8 cm³/mol. The third-order valence-electron chi connectivity index (χ3n) is 2.06. The van der Waals surface area contributed by atoms with Gasteiger partial charge in [-0.15, -0.1) is 11.6 Å². The normalized spacial score (nSPS) is 10.9. The average Bonchev–Trinajstić information content (AvgIpc) is 2.35. The first-order valence-electron chi connectivity index (χ1n) is 5.17. The SMILES string of the molecule is O=C(NCCCl)C(=O)Nc1ccc(C(F)(F)F)cc1. The van der Waals surface area contributed by atoms with Crippen LogP contribution in [0.3, 0.4) is 0 Å². The van der Waals surface area contributed by atoms with Gasteiger partial charge in [0.25, 0.3) is 0 Å². The summed E-state index contributed by atoms with van der Waals surface area (Å²) in [7, 11) is 0. The van der Waals surface area contributed by atoms with Gasteiger partial charge in [0, 0.05) is 18.1 Å². The Labute approximate surface area is 111 Å². The fraction of sp³-hybridized carbons (Fsp3) is 0.273. The van der Waals surface area contributed by atoms with Crippen LogP contribution in [0.4, 0.5) is 18.9 Å². The molecule has 1 aromatic carbocycles. The summed E-state index contributed by atoms with van der Waals surface area (Å²) in [6.45, 7) is 0.126. The van der Waals surface area contributed by atoms with Gasteiger partial charge in [0.1, 0.15) is 0 Å². The maximum Gasteiger partial charge on any atom is 0.416 e. The summed E-state index contributed by atoms with van der Waals surface area (Å²) in [4.78, 5) is 22.5. The van der Waals surface area contributed by atoms with Crippen LogP contribution in [-0.4, -0.2) is 24.2 Å². The van der Waals surface area contributed by atoms with Gasteiger partial charge in [-0.05, 0) is 24.3 Å². The Morgan fingerprint density at radius 3 is 2.16 bits per heavy atom. The number of hydrogen-bond donors (Lipinski definition) is 2. The molecule has 0 fully saturated rings. The predicted octanol–water partition coefficient (Wildman–Crippen LogP) is 2.00. The largest absolute Gasteiger partial charge is 0.416 e. The highest BCUT2D eigenvalue weighted by Gasteiger charge is 2.30. The van der Waals surface area contributed by atoms with Crippen molar-refractivity contribution in [2.45, 2.75) is 6.18 Å². The minimum absolute atomic E-state index is 0.0963. The van der Waals surface area contributed by atoms with Crippen LogP contribution in [0.15, 0.2) is 24.3 Å². The second-order valence-electron chi connectivity index (χ2n) is 3.47. The number of alkyl halides is 4. The van der Waals surface area contributed by atoms with E-state index in [-0.39, 0.29) is 18.1 Å². The molecule has 0 bridgehead atoms. The molecule has 0 saturated carbocycles. The highest BCUT2D eigenvalue weighted by atomic mass is 35.5. The molecule has 0 radical (unpaired) electrons. The summed E-state index contributed by atoms with van der Waals surface area (Å²) in [6, 6.07) is 3.75. The molecule has 8 heteroatoms. The monoisotopic (exact) mass is 294 g/mol. The van der Waals surface area contributed by atoms with Crippen molar-refractivity contribution < 1.29 is 22.8 Å². The van der Waals surface area contributed by atoms with Gasteiger partial charge in [-0.2, -0.15) is 13.2 Å². The molecule has 4 nitrogen and oxygen atoms in total. The number of carbonyl (C=O) groups excluding carboxylic acids is 2. The molecule has 0 aliphatic carbocycles. The van der Waals surface area contributed by atoms with Crippen molar-refractivity contribution in [2.24, 2.45) is 0 Å². The number of benzene rings is 1. The smallest absolute Gasteiger partial charge is 0.347 e. The number of anilines is 1. The van der Waals surface area contributed by atoms with Crippen molar-refractivity contribution in [2.75, 3.05) is 17.7 Å². The molecular formula is C11H10ClF3N2O2. The first-order chi connectivity index (χ1) is 8.84. The van der Waals surface area contributed by atoms with E-state index in [0.29, 0.717) is 0 Å². The Bertz CT molecular complexity index is 460. The van der Waals surface area contributed by atoms with Gasteiger partial charge in [0.2, 0.25) is 0 Å². The van der Waals surface area contributed by atoms with E-state index in [1.165, 1.54) is 0 Å². The van der Waals surface area contributed by atoms with Crippen LogP contribution in [0, 0.1) is 0 Å². The highest BCUT2D eigenvalue weighted by molar-refractivity contribution is 6.39. The molecule has 1 rings (SSSR count). The topological polar surface area (TPSA) is 58.2 Å². The maximum absolute atomic E-state index is 12.3. The number of nitrogens with one attached hydrogen (secondary N) is 2. The first kappa shape index (κ1) is 15.3. The summed E-state index contributed by atoms with van der Waals surface area (Å²) >= 11 is 5.32. The van der Waals surface area contributed by atoms with E-state index < -0.39 is 23.6 Å². The third-order valence-corrected chi connectivity index (χ3v) is 2.25. The van der Waals surface area contributed by atoms with Crippen molar-refractivity contribution in [3.8, 4) is 0 Å². The van der Waals surface area contributed by atoms with E-state index in [0.717, 1.165) is 24.3 Å². The molecule has 0 spiro atoms. The van der Waals surface area contributed by atoms with E-state index in [1.54, 1.807) is 0 Å². The van der Waals surface area contributed by atoms with Crippen LogP contribution < -0.4 is 10.6 Å². The molecular weight excluding hydrogens is 285 g/mol. The van der Waals surface area contributed by atoms with E-state index in [1.807, 2.05) is 0 Å². The Morgan fingerprint density at radius 2 is 1.68 bits per heavy atom. The summed E-state index contributed by atoms with van der Waals surface area (Å²) in [5.41, 5.74) is -0.740. The van der Waals surface area contributed by atoms with Crippen molar-refractivity contribution in [1.82, 2.24) is 5.32 Å². The van der Waals surface area contributed by atoms with Crippen LogP contribution in [-0.2, 0) is 15.8 Å². The first-order valence-corrected chi connectivity index (χ1v) is 5.70. The molecule has 19 heavy (non-hydrogen) atoms. The lowest BCUT2D eigenvalue weighted by molar-refractivity contribution is -0.137. The van der Waals surface area contributed by atoms with E-state index in [9.17, 15) is 22.8 Å². The number of rotatable bonds is 3. The van der Waals surface area contributed by atoms with Gasteiger partial charge < -0.3 is 10.6 Å². The van der Waals surface area contributed by atoms with Crippen molar-refractivity contribution in [3.63, 3.8) is 0 Å². The maximum atomic E-state index is 12.3. The minimum atomic E-state index is -4.44. The Kier molecular flexibility index (Phi) is 5.17. The van der Waals surface area contributed by atoms with Gasteiger partial charge >= 0.3 is 18.0 Å². The second kappa shape index (κ2) is 6.42. The zero-order valence-corrected chi connectivity index (χ0v) is 10.3. The summed E-state index contributed by atoms with van der Waals surface area (Å²) in [5.74, 6) is -1.72. The highest BCUT2D eigenvalue weighted by Crippen LogP contribution is 2.29. The molecule has 2 amide bonds. The number of halogens is 4. The number of carbonyl (C=O) groups is 2. The molecule has 0 saturated heterocycles. The molecule has 0 aliphatic rings. The molecule has 2 N–H and O–H groups in total. The van der Waals surface area contributed by atoms with Gasteiger partial charge in [-0.1, -0.05) is 0 Å². The Balaban J connectivity index is 2.63. The van der Waals surface area contributed by atoms with Crippen LogP contribution >= 0.6 is 11.6 Å². The average molecular weight is 295 g/mol. The summed E-state index contributed by atoms with van der Waals surface area (Å²) < 4.78 is 36.9. The molecule has 1 aromatic rings. The number of amides is 2. The van der Waals surface area contributed by atoms with Gasteiger partial charge in [-0.3, -0.25) is 9.59 Å². The van der Waals surface area contributed by atoms with Gasteiger partial charge in [-0.25, -0.2) is 0 Å². The fourth-order valence-corrected chi connectivity index (χ4v) is 1.27. The van der Waals surface area contributed by atoms with E-state index in [2.05, 4.69) is 10.6 Å². The molecule has 0 aliphatic heterocycles. The Hall–Kier alpha value is -1.76. The van der Waals surface area contributed by atoms with Gasteiger partial charge in [0.05, 0.1) is 5.56 Å². The van der Waals surface area contributed by atoms with Crippen molar-refractivity contribution in [3.05, 3.63) is 29.8 Å². The Morgan fingerprint density at radius 1 is 1.11 bits per heavy atom. The lowest BCUT2D eigenvalue weighted by Gasteiger charge is -2.08. The van der Waals surface area contributed by atoms with Crippen LogP contribution in [0.5, 0.6) is 0 Å². The van der Waals surface area contributed by atoms with E-state index in [4.69, 9.17) is 11.6 Å². The standard InChI is InChI=1S/C11H10ClF3N2O2/c12-5-6-16-9(18)10(19)17-8-3-1-7(2-4-8)11(13,14)15/h1-4H,5-6H2,(H,16,18)(H,17,19). The second-order valence-corrected chi connectivity index (χ2v) is 3.85. The molecule has 0 heterocycles. The lowest BCUT2D eigenvalue weighted by Crippen LogP contribution is -2.36. The summed E-state index contributed by atoms with van der Waals surface area (Å²) in [6.07, 6.45) is -4.44. The van der Waals surface area contributed by atoms with Crippen molar-refractivity contribution >= 4 is 29.1 Å². The molecule has 104 valence electrons. The zero-order valence-electron chi connectivity index (χ0n) is 9.55. The zero-order chi connectivity index (χ0) is 14.5. The molecule has 0 unspecified atom stereocenters. The fourth-order valence-electron chi connectivity index (χ4n) is 1.17. The number of hydrogen-bond acceptors (Lipinski definition) is 2. The molecule has 0 atom stereocenters.